The number of hydrogen-bond donors (Lipinski definition) is 0. The second-order valence-corrected chi connectivity index (χ2v) is 6.71. The summed E-state index contributed by atoms with van der Waals surface area (Å²) in [5.74, 6) is 1.44. The van der Waals surface area contributed by atoms with E-state index >= 15 is 0 Å². The Balaban J connectivity index is 0.00000146. The van der Waals surface area contributed by atoms with Crippen molar-refractivity contribution < 1.29 is 17.0 Å². The third-order valence-electron chi connectivity index (χ3n) is 5.37. The Morgan fingerprint density at radius 1 is 0.833 bits per heavy atom. The zero-order chi connectivity index (χ0) is 15.2. The van der Waals surface area contributed by atoms with E-state index in [2.05, 4.69) is 69.0 Å². The lowest BCUT2D eigenvalue weighted by Gasteiger charge is -2.44. The topological polar surface area (TPSA) is 9.49 Å². The minimum atomic E-state index is 0. The number of anilines is 1. The van der Waals surface area contributed by atoms with E-state index in [1.165, 1.54) is 48.7 Å². The van der Waals surface area contributed by atoms with Gasteiger partial charge in [-0.25, -0.2) is 4.90 Å². The molecule has 1 atom stereocenters. The lowest BCUT2D eigenvalue weighted by molar-refractivity contribution is -0.543. The molecule has 0 fully saturated rings. The first-order valence-corrected chi connectivity index (χ1v) is 8.73. The van der Waals surface area contributed by atoms with E-state index in [0.29, 0.717) is 6.04 Å². The van der Waals surface area contributed by atoms with Crippen LogP contribution in [-0.2, 0) is 0 Å². The van der Waals surface area contributed by atoms with E-state index in [1.54, 1.807) is 0 Å². The van der Waals surface area contributed by atoms with Crippen LogP contribution in [0.4, 0.5) is 5.69 Å². The zero-order valence-electron chi connectivity index (χ0n) is 13.7. The summed E-state index contributed by atoms with van der Waals surface area (Å²) >= 11 is 0. The molecule has 2 aromatic rings. The van der Waals surface area contributed by atoms with E-state index in [4.69, 9.17) is 0 Å². The lowest BCUT2D eigenvalue weighted by atomic mass is 9.92. The molecule has 3 aliphatic heterocycles. The fraction of sp³-hybridized carbons (Fsp3) is 0.350. The standard InChI is InChI=1S/C20H22N3.ClH/c1-2-8-16(9-3-1)19-17-10-4-5-11-18(17)22-14-6-12-21-13-7-15-23(19)20(21)22;/h1-5,8-11,19H,6-7,12-15H2;1H/q+1;/p-1. The molecule has 3 heterocycles. The lowest BCUT2D eigenvalue weighted by Crippen LogP contribution is -3.00. The molecule has 0 aromatic heterocycles. The number of para-hydroxylation sites is 1. The van der Waals surface area contributed by atoms with E-state index in [9.17, 15) is 0 Å². The number of guanidine groups is 1. The highest BCUT2D eigenvalue weighted by atomic mass is 35.5. The van der Waals surface area contributed by atoms with Crippen LogP contribution in [0.2, 0.25) is 0 Å². The molecule has 24 heavy (non-hydrogen) atoms. The average Bonchev–Trinajstić information content (AvgIpc) is 2.63. The highest BCUT2D eigenvalue weighted by Crippen LogP contribution is 2.41. The first-order valence-electron chi connectivity index (χ1n) is 8.73. The van der Waals surface area contributed by atoms with Gasteiger partial charge < -0.3 is 12.4 Å². The van der Waals surface area contributed by atoms with E-state index < -0.39 is 0 Å². The van der Waals surface area contributed by atoms with E-state index in [0.717, 1.165) is 13.1 Å². The minimum absolute atomic E-state index is 0. The summed E-state index contributed by atoms with van der Waals surface area (Å²) in [5.41, 5.74) is 4.25. The van der Waals surface area contributed by atoms with Gasteiger partial charge in [0.1, 0.15) is 11.7 Å². The maximum atomic E-state index is 2.64. The summed E-state index contributed by atoms with van der Waals surface area (Å²) in [4.78, 5) is 5.19. The molecule has 0 radical (unpaired) electrons. The van der Waals surface area contributed by atoms with Gasteiger partial charge in [-0.05, 0) is 11.6 Å². The first kappa shape index (κ1) is 15.5. The Morgan fingerprint density at radius 2 is 1.54 bits per heavy atom. The number of nitrogens with zero attached hydrogens (tertiary/aromatic N) is 3. The Labute approximate surface area is 149 Å². The van der Waals surface area contributed by atoms with Crippen LogP contribution in [-0.4, -0.2) is 41.6 Å². The minimum Gasteiger partial charge on any atom is -1.00 e. The van der Waals surface area contributed by atoms with Crippen molar-refractivity contribution in [1.29, 1.82) is 0 Å². The summed E-state index contributed by atoms with van der Waals surface area (Å²) < 4.78 is 2.60. The van der Waals surface area contributed by atoms with Gasteiger partial charge in [0.15, 0.2) is 0 Å². The molecule has 5 rings (SSSR count). The molecule has 0 aliphatic carbocycles. The summed E-state index contributed by atoms with van der Waals surface area (Å²) in [6.45, 7) is 4.69. The number of fused-ring (bicyclic) bond motifs is 2. The second kappa shape index (κ2) is 6.14. The predicted molar refractivity (Wildman–Crippen MR) is 93.0 cm³/mol. The Bertz CT molecular complexity index is 767. The van der Waals surface area contributed by atoms with Crippen molar-refractivity contribution in [3.63, 3.8) is 0 Å². The second-order valence-electron chi connectivity index (χ2n) is 6.71. The van der Waals surface area contributed by atoms with Gasteiger partial charge in [0.2, 0.25) is 0 Å². The highest BCUT2D eigenvalue weighted by Gasteiger charge is 2.46. The van der Waals surface area contributed by atoms with Gasteiger partial charge in [0.05, 0.1) is 26.2 Å². The third kappa shape index (κ3) is 2.22. The molecule has 2 aromatic carbocycles. The average molecular weight is 340 g/mol. The third-order valence-corrected chi connectivity index (χ3v) is 5.37. The molecule has 3 aliphatic rings. The van der Waals surface area contributed by atoms with Crippen LogP contribution >= 0.6 is 0 Å². The van der Waals surface area contributed by atoms with Gasteiger partial charge in [0.25, 0.3) is 0 Å². The van der Waals surface area contributed by atoms with Crippen molar-refractivity contribution in [2.75, 3.05) is 31.1 Å². The van der Waals surface area contributed by atoms with Crippen molar-refractivity contribution in [3.05, 3.63) is 65.7 Å². The van der Waals surface area contributed by atoms with Crippen molar-refractivity contribution >= 4 is 11.6 Å². The number of halogens is 1. The molecular formula is C20H22ClN3. The fourth-order valence-corrected chi connectivity index (χ4v) is 4.47. The first-order chi connectivity index (χ1) is 11.4. The Morgan fingerprint density at radius 3 is 2.38 bits per heavy atom. The number of hydrogen-bond acceptors (Lipinski definition) is 2. The summed E-state index contributed by atoms with van der Waals surface area (Å²) in [5, 5.41) is 0. The molecule has 0 saturated carbocycles. The maximum absolute atomic E-state index is 2.64. The smallest absolute Gasteiger partial charge is 0.356 e. The largest absolute Gasteiger partial charge is 1.00 e. The van der Waals surface area contributed by atoms with Gasteiger partial charge in [-0.2, -0.15) is 0 Å². The molecule has 1 unspecified atom stereocenters. The van der Waals surface area contributed by atoms with Gasteiger partial charge in [-0.1, -0.05) is 48.5 Å². The van der Waals surface area contributed by atoms with Gasteiger partial charge >= 0.3 is 5.96 Å². The monoisotopic (exact) mass is 339 g/mol. The molecule has 4 heteroatoms. The predicted octanol–water partition coefficient (Wildman–Crippen LogP) is 0.0779. The molecular weight excluding hydrogens is 318 g/mol. The van der Waals surface area contributed by atoms with E-state index in [1.807, 2.05) is 0 Å². The molecule has 0 amide bonds. The van der Waals surface area contributed by atoms with Crippen molar-refractivity contribution in [2.45, 2.75) is 18.9 Å². The Kier molecular flexibility index (Phi) is 3.97. The van der Waals surface area contributed by atoms with Crippen LogP contribution < -0.4 is 17.3 Å². The van der Waals surface area contributed by atoms with Crippen LogP contribution in [0.15, 0.2) is 54.6 Å². The quantitative estimate of drug-likeness (QED) is 0.681. The normalized spacial score (nSPS) is 21.8. The Hall–Kier alpha value is -2.00. The summed E-state index contributed by atoms with van der Waals surface area (Å²) in [6, 6.07) is 20.3. The molecule has 3 nitrogen and oxygen atoms in total. The highest BCUT2D eigenvalue weighted by molar-refractivity contribution is 5.97. The SMILES string of the molecule is [Cl-].c1ccc(C2c3ccccc3N3CCC[N+]4=C3N2CCC4)cc1. The molecule has 0 N–H and O–H groups in total. The van der Waals surface area contributed by atoms with Crippen LogP contribution in [0, 0.1) is 0 Å². The van der Waals surface area contributed by atoms with Crippen LogP contribution in [0.3, 0.4) is 0 Å². The van der Waals surface area contributed by atoms with Crippen LogP contribution in [0.25, 0.3) is 0 Å². The van der Waals surface area contributed by atoms with Crippen molar-refractivity contribution in [3.8, 4) is 0 Å². The van der Waals surface area contributed by atoms with Gasteiger partial charge in [-0.15, -0.1) is 0 Å². The van der Waals surface area contributed by atoms with E-state index in [-0.39, 0.29) is 12.4 Å². The van der Waals surface area contributed by atoms with Crippen LogP contribution in [0.5, 0.6) is 0 Å². The number of benzene rings is 2. The summed E-state index contributed by atoms with van der Waals surface area (Å²) in [6.07, 6.45) is 2.50. The zero-order valence-corrected chi connectivity index (χ0v) is 14.5. The van der Waals surface area contributed by atoms with Gasteiger partial charge in [-0.3, -0.25) is 9.48 Å². The molecule has 0 bridgehead atoms. The summed E-state index contributed by atoms with van der Waals surface area (Å²) in [7, 11) is 0. The van der Waals surface area contributed by atoms with Crippen molar-refractivity contribution in [1.82, 2.24) is 4.90 Å². The maximum Gasteiger partial charge on any atom is 0.356 e. The van der Waals surface area contributed by atoms with Crippen LogP contribution in [0.1, 0.15) is 30.0 Å². The molecule has 124 valence electrons. The van der Waals surface area contributed by atoms with Gasteiger partial charge in [0, 0.05) is 18.4 Å². The van der Waals surface area contributed by atoms with Crippen molar-refractivity contribution in [2.24, 2.45) is 0 Å². The molecule has 0 saturated heterocycles. The fourth-order valence-electron chi connectivity index (χ4n) is 4.47. The number of rotatable bonds is 1. The molecule has 0 spiro atoms.